The SMILES string of the molecule is COc1cccc(CCC[C@H](CC(=O)N(C)O)CP(=O)(O)O)c1. The molecule has 1 atom stereocenters. The van der Waals surface area contributed by atoms with E-state index in [0.29, 0.717) is 17.9 Å². The molecule has 0 spiro atoms. The molecule has 0 bridgehead atoms. The first-order valence-corrected chi connectivity index (χ1v) is 9.14. The van der Waals surface area contributed by atoms with Gasteiger partial charge in [0.05, 0.1) is 13.3 Å². The smallest absolute Gasteiger partial charge is 0.325 e. The van der Waals surface area contributed by atoms with E-state index < -0.39 is 19.4 Å². The van der Waals surface area contributed by atoms with Crippen molar-refractivity contribution >= 4 is 13.5 Å². The van der Waals surface area contributed by atoms with Gasteiger partial charge >= 0.3 is 7.60 Å². The summed E-state index contributed by atoms with van der Waals surface area (Å²) in [6.45, 7) is 0. The third-order valence-corrected chi connectivity index (χ3v) is 4.52. The fourth-order valence-electron chi connectivity index (χ4n) is 2.40. The Labute approximate surface area is 136 Å². The number of hydrogen-bond acceptors (Lipinski definition) is 4. The molecule has 0 unspecified atom stereocenters. The summed E-state index contributed by atoms with van der Waals surface area (Å²) in [5, 5.41) is 9.56. The molecule has 1 amide bonds. The minimum atomic E-state index is -4.21. The highest BCUT2D eigenvalue weighted by Crippen LogP contribution is 2.39. The highest BCUT2D eigenvalue weighted by atomic mass is 31.2. The first-order chi connectivity index (χ1) is 10.7. The van der Waals surface area contributed by atoms with E-state index in [9.17, 15) is 9.36 Å². The second-order valence-corrected chi connectivity index (χ2v) is 7.27. The molecule has 0 aliphatic carbocycles. The Balaban J connectivity index is 2.58. The van der Waals surface area contributed by atoms with Crippen LogP contribution in [0.4, 0.5) is 0 Å². The van der Waals surface area contributed by atoms with Gasteiger partial charge in [0.2, 0.25) is 5.91 Å². The largest absolute Gasteiger partial charge is 0.497 e. The molecule has 7 nitrogen and oxygen atoms in total. The van der Waals surface area contributed by atoms with Crippen LogP contribution in [0.2, 0.25) is 0 Å². The van der Waals surface area contributed by atoms with E-state index in [-0.39, 0.29) is 12.6 Å². The van der Waals surface area contributed by atoms with Gasteiger partial charge in [0.15, 0.2) is 0 Å². The van der Waals surface area contributed by atoms with Crippen LogP contribution >= 0.6 is 7.60 Å². The molecule has 0 saturated heterocycles. The molecule has 0 aliphatic heterocycles. The summed E-state index contributed by atoms with van der Waals surface area (Å²) >= 11 is 0. The Morgan fingerprint density at radius 2 is 2.09 bits per heavy atom. The van der Waals surface area contributed by atoms with E-state index in [0.717, 1.165) is 17.7 Å². The van der Waals surface area contributed by atoms with Crippen LogP contribution in [0.15, 0.2) is 24.3 Å². The standard InChI is InChI=1S/C15H24NO6P/c1-16(18)15(17)10-13(11-23(19,20)21)7-3-5-12-6-4-8-14(9-12)22-2/h4,6,8-9,13,18H,3,5,7,10-11H2,1-2H3,(H2,19,20,21)/t13-/m1/s1. The van der Waals surface area contributed by atoms with E-state index >= 15 is 0 Å². The van der Waals surface area contributed by atoms with Gasteiger partial charge in [-0.15, -0.1) is 0 Å². The predicted molar refractivity (Wildman–Crippen MR) is 85.5 cm³/mol. The summed E-state index contributed by atoms with van der Waals surface area (Å²) in [6, 6.07) is 7.58. The minimum Gasteiger partial charge on any atom is -0.497 e. The van der Waals surface area contributed by atoms with Gasteiger partial charge in [-0.25, -0.2) is 5.06 Å². The van der Waals surface area contributed by atoms with Crippen molar-refractivity contribution in [2.75, 3.05) is 20.3 Å². The molecule has 0 aliphatic rings. The second kappa shape index (κ2) is 9.03. The van der Waals surface area contributed by atoms with Crippen LogP contribution in [0, 0.1) is 5.92 Å². The second-order valence-electron chi connectivity index (χ2n) is 5.58. The van der Waals surface area contributed by atoms with Crippen molar-refractivity contribution in [3.05, 3.63) is 29.8 Å². The first-order valence-electron chi connectivity index (χ1n) is 7.34. The summed E-state index contributed by atoms with van der Waals surface area (Å²) in [5.74, 6) is -0.264. The van der Waals surface area contributed by atoms with Crippen LogP contribution in [-0.2, 0) is 15.8 Å². The minimum absolute atomic E-state index is 0.0871. The number of aryl methyl sites for hydroxylation is 1. The Morgan fingerprint density at radius 1 is 1.39 bits per heavy atom. The molecule has 0 radical (unpaired) electrons. The maximum Gasteiger partial charge on any atom is 0.325 e. The van der Waals surface area contributed by atoms with Crippen molar-refractivity contribution in [1.29, 1.82) is 0 Å². The number of rotatable bonds is 9. The number of amides is 1. The third-order valence-electron chi connectivity index (χ3n) is 3.53. The summed E-state index contributed by atoms with van der Waals surface area (Å²) in [7, 11) is -1.41. The highest BCUT2D eigenvalue weighted by molar-refractivity contribution is 7.51. The predicted octanol–water partition coefficient (Wildman–Crippen LogP) is 2.05. The van der Waals surface area contributed by atoms with E-state index in [1.54, 1.807) is 7.11 Å². The van der Waals surface area contributed by atoms with E-state index in [1.807, 2.05) is 24.3 Å². The Morgan fingerprint density at radius 3 is 2.65 bits per heavy atom. The molecule has 0 aromatic heterocycles. The van der Waals surface area contributed by atoms with Crippen LogP contribution in [-0.4, -0.2) is 46.3 Å². The molecule has 0 saturated carbocycles. The Bertz CT molecular complexity index is 557. The fourth-order valence-corrected chi connectivity index (χ4v) is 3.38. The molecule has 1 rings (SSSR count). The lowest BCUT2D eigenvalue weighted by Crippen LogP contribution is -2.26. The van der Waals surface area contributed by atoms with E-state index in [1.165, 1.54) is 7.05 Å². The monoisotopic (exact) mass is 345 g/mol. The molecule has 3 N–H and O–H groups in total. The number of benzene rings is 1. The number of hydroxylamine groups is 2. The van der Waals surface area contributed by atoms with Crippen molar-refractivity contribution in [2.45, 2.75) is 25.7 Å². The molecule has 1 aromatic carbocycles. The number of methoxy groups -OCH3 is 1. The first kappa shape index (κ1) is 19.6. The summed E-state index contributed by atoms with van der Waals surface area (Å²) < 4.78 is 16.3. The van der Waals surface area contributed by atoms with Crippen LogP contribution < -0.4 is 4.74 Å². The van der Waals surface area contributed by atoms with Crippen LogP contribution in [0.3, 0.4) is 0 Å². The molecule has 0 heterocycles. The van der Waals surface area contributed by atoms with Gasteiger partial charge in [-0.1, -0.05) is 12.1 Å². The molecular weight excluding hydrogens is 321 g/mol. The number of carbonyl (C=O) groups is 1. The van der Waals surface area contributed by atoms with E-state index in [4.69, 9.17) is 19.7 Å². The molecule has 0 fully saturated rings. The van der Waals surface area contributed by atoms with Gasteiger partial charge in [0.1, 0.15) is 5.75 Å². The lowest BCUT2D eigenvalue weighted by atomic mass is 9.97. The number of nitrogens with zero attached hydrogens (tertiary/aromatic N) is 1. The average molecular weight is 345 g/mol. The van der Waals surface area contributed by atoms with Gasteiger partial charge in [0.25, 0.3) is 0 Å². The maximum atomic E-state index is 11.6. The van der Waals surface area contributed by atoms with E-state index in [2.05, 4.69) is 0 Å². The van der Waals surface area contributed by atoms with Crippen LogP contribution in [0.1, 0.15) is 24.8 Å². The van der Waals surface area contributed by atoms with Crippen molar-refractivity contribution in [3.63, 3.8) is 0 Å². The topological polar surface area (TPSA) is 107 Å². The van der Waals surface area contributed by atoms with Crippen LogP contribution in [0.5, 0.6) is 5.75 Å². The van der Waals surface area contributed by atoms with Gasteiger partial charge in [-0.3, -0.25) is 14.6 Å². The zero-order valence-electron chi connectivity index (χ0n) is 13.4. The lowest BCUT2D eigenvalue weighted by Gasteiger charge is -2.18. The Hall–Kier alpha value is -1.40. The van der Waals surface area contributed by atoms with Gasteiger partial charge < -0.3 is 14.5 Å². The third kappa shape index (κ3) is 8.13. The Kier molecular flexibility index (Phi) is 7.72. The van der Waals surface area contributed by atoms with Gasteiger partial charge in [0, 0.05) is 13.5 Å². The number of ether oxygens (including phenoxy) is 1. The average Bonchev–Trinajstić information content (AvgIpc) is 2.45. The number of carbonyl (C=O) groups excluding carboxylic acids is 1. The summed E-state index contributed by atoms with van der Waals surface area (Å²) in [5.41, 5.74) is 1.06. The highest BCUT2D eigenvalue weighted by Gasteiger charge is 2.24. The van der Waals surface area contributed by atoms with Gasteiger partial charge in [-0.05, 0) is 42.9 Å². The molecule has 8 heteroatoms. The van der Waals surface area contributed by atoms with Crippen molar-refractivity contribution in [2.24, 2.45) is 5.92 Å². The molecule has 1 aromatic rings. The van der Waals surface area contributed by atoms with Crippen molar-refractivity contribution in [3.8, 4) is 5.75 Å². The summed E-state index contributed by atoms with van der Waals surface area (Å²) in [4.78, 5) is 29.8. The number of hydrogen-bond donors (Lipinski definition) is 3. The van der Waals surface area contributed by atoms with Crippen LogP contribution in [0.25, 0.3) is 0 Å². The summed E-state index contributed by atoms with van der Waals surface area (Å²) in [6.07, 6.45) is 1.45. The fraction of sp³-hybridized carbons (Fsp3) is 0.533. The zero-order chi connectivity index (χ0) is 17.5. The quantitative estimate of drug-likeness (QED) is 0.359. The normalized spacial score (nSPS) is 12.7. The molecule has 130 valence electrons. The molecular formula is C15H24NO6P. The van der Waals surface area contributed by atoms with Crippen molar-refractivity contribution in [1.82, 2.24) is 5.06 Å². The molecule has 23 heavy (non-hydrogen) atoms. The van der Waals surface area contributed by atoms with Gasteiger partial charge in [-0.2, -0.15) is 0 Å². The lowest BCUT2D eigenvalue weighted by molar-refractivity contribution is -0.160. The van der Waals surface area contributed by atoms with Crippen molar-refractivity contribution < 1.29 is 29.1 Å². The zero-order valence-corrected chi connectivity index (χ0v) is 14.3. The maximum absolute atomic E-state index is 11.6.